The van der Waals surface area contributed by atoms with Crippen molar-refractivity contribution in [1.29, 1.82) is 0 Å². The van der Waals surface area contributed by atoms with Gasteiger partial charge in [-0.15, -0.1) is 0 Å². The molecular formula is C17H24N2O. The summed E-state index contributed by atoms with van der Waals surface area (Å²) in [5, 5.41) is 15.1. The van der Waals surface area contributed by atoms with Crippen molar-refractivity contribution in [3.63, 3.8) is 0 Å². The number of rotatable bonds is 5. The van der Waals surface area contributed by atoms with Gasteiger partial charge in [-0.3, -0.25) is 0 Å². The van der Waals surface area contributed by atoms with Crippen LogP contribution in [0.15, 0.2) is 24.3 Å². The van der Waals surface area contributed by atoms with Crippen molar-refractivity contribution in [2.24, 2.45) is 0 Å². The highest BCUT2D eigenvalue weighted by Gasteiger charge is 2.20. The molecule has 0 atom stereocenters. The van der Waals surface area contributed by atoms with E-state index in [2.05, 4.69) is 57.1 Å². The number of aryl methyl sites for hydroxylation is 2. The molecule has 0 amide bonds. The Bertz CT molecular complexity index is 567. The summed E-state index contributed by atoms with van der Waals surface area (Å²) in [4.78, 5) is 0. The van der Waals surface area contributed by atoms with Crippen molar-refractivity contribution in [3.8, 4) is 17.1 Å². The van der Waals surface area contributed by atoms with Gasteiger partial charge in [0.1, 0.15) is 0 Å². The summed E-state index contributed by atoms with van der Waals surface area (Å²) in [5.74, 6) is 0.575. The smallest absolute Gasteiger partial charge is 0.213 e. The van der Waals surface area contributed by atoms with Crippen LogP contribution in [0.2, 0.25) is 0 Å². The molecule has 0 bridgehead atoms. The average Bonchev–Trinajstić information content (AvgIpc) is 2.74. The first-order valence-corrected chi connectivity index (χ1v) is 7.41. The molecule has 1 aromatic carbocycles. The summed E-state index contributed by atoms with van der Waals surface area (Å²) < 4.78 is 1.74. The van der Waals surface area contributed by atoms with Gasteiger partial charge in [0.15, 0.2) is 0 Å². The molecule has 2 rings (SSSR count). The maximum absolute atomic E-state index is 10.4. The quantitative estimate of drug-likeness (QED) is 0.871. The van der Waals surface area contributed by atoms with Crippen LogP contribution in [-0.4, -0.2) is 14.9 Å². The molecule has 1 heterocycles. The van der Waals surface area contributed by atoms with Gasteiger partial charge in [0.05, 0.1) is 5.69 Å². The van der Waals surface area contributed by atoms with E-state index in [1.54, 1.807) is 4.68 Å². The normalized spacial score (nSPS) is 11.2. The van der Waals surface area contributed by atoms with Crippen LogP contribution in [0.4, 0.5) is 0 Å². The van der Waals surface area contributed by atoms with E-state index in [0.29, 0.717) is 5.88 Å². The Hall–Kier alpha value is -1.77. The molecule has 108 valence electrons. The van der Waals surface area contributed by atoms with Crippen molar-refractivity contribution < 1.29 is 5.11 Å². The van der Waals surface area contributed by atoms with E-state index in [0.717, 1.165) is 36.2 Å². The van der Waals surface area contributed by atoms with E-state index < -0.39 is 0 Å². The number of aromatic hydroxyl groups is 1. The van der Waals surface area contributed by atoms with E-state index in [-0.39, 0.29) is 5.92 Å². The molecule has 0 fully saturated rings. The molecule has 0 radical (unpaired) electrons. The van der Waals surface area contributed by atoms with Crippen LogP contribution in [0, 0.1) is 6.92 Å². The van der Waals surface area contributed by atoms with Gasteiger partial charge in [0, 0.05) is 17.7 Å². The van der Waals surface area contributed by atoms with Crippen LogP contribution < -0.4 is 0 Å². The average molecular weight is 272 g/mol. The summed E-state index contributed by atoms with van der Waals surface area (Å²) in [6.45, 7) is 9.18. The highest BCUT2D eigenvalue weighted by Crippen LogP contribution is 2.35. The molecule has 20 heavy (non-hydrogen) atoms. The van der Waals surface area contributed by atoms with E-state index in [1.165, 1.54) is 5.56 Å². The van der Waals surface area contributed by atoms with Crippen LogP contribution in [0.1, 0.15) is 50.7 Å². The summed E-state index contributed by atoms with van der Waals surface area (Å²) >= 11 is 0. The summed E-state index contributed by atoms with van der Waals surface area (Å²) in [7, 11) is 0. The predicted molar refractivity (Wildman–Crippen MR) is 83.1 cm³/mol. The molecule has 0 aliphatic heterocycles. The van der Waals surface area contributed by atoms with Crippen molar-refractivity contribution in [1.82, 2.24) is 9.78 Å². The van der Waals surface area contributed by atoms with E-state index in [1.807, 2.05) is 0 Å². The summed E-state index contributed by atoms with van der Waals surface area (Å²) in [6.07, 6.45) is 2.12. The van der Waals surface area contributed by atoms with Crippen LogP contribution in [-0.2, 0) is 6.54 Å². The zero-order valence-corrected chi connectivity index (χ0v) is 12.8. The summed E-state index contributed by atoms with van der Waals surface area (Å²) in [6, 6.07) is 8.32. The highest BCUT2D eigenvalue weighted by molar-refractivity contribution is 5.66. The topological polar surface area (TPSA) is 38.0 Å². The largest absolute Gasteiger partial charge is 0.493 e. The Morgan fingerprint density at radius 3 is 2.40 bits per heavy atom. The number of aromatic nitrogens is 2. The first kappa shape index (κ1) is 14.6. The van der Waals surface area contributed by atoms with Crippen molar-refractivity contribution in [2.45, 2.75) is 53.0 Å². The van der Waals surface area contributed by atoms with Crippen molar-refractivity contribution in [2.75, 3.05) is 0 Å². The molecule has 1 aromatic heterocycles. The van der Waals surface area contributed by atoms with Gasteiger partial charge in [0.25, 0.3) is 0 Å². The molecule has 3 nitrogen and oxygen atoms in total. The minimum absolute atomic E-state index is 0.252. The third kappa shape index (κ3) is 2.87. The third-order valence-corrected chi connectivity index (χ3v) is 3.59. The molecule has 0 saturated carbocycles. The molecule has 0 unspecified atom stereocenters. The van der Waals surface area contributed by atoms with Crippen LogP contribution >= 0.6 is 0 Å². The van der Waals surface area contributed by atoms with E-state index >= 15 is 0 Å². The zero-order chi connectivity index (χ0) is 14.7. The minimum Gasteiger partial charge on any atom is -0.493 e. The number of unbranched alkanes of at least 4 members (excludes halogenated alkanes) is 1. The lowest BCUT2D eigenvalue weighted by Gasteiger charge is -2.07. The number of benzene rings is 1. The first-order chi connectivity index (χ1) is 9.54. The fourth-order valence-electron chi connectivity index (χ4n) is 2.39. The minimum atomic E-state index is 0.252. The highest BCUT2D eigenvalue weighted by atomic mass is 16.3. The SMILES string of the molecule is CCCCn1nc(-c2ccc(C)cc2)c(C(C)C)c1O. The Labute approximate surface area is 121 Å². The van der Waals surface area contributed by atoms with Crippen LogP contribution in [0.5, 0.6) is 5.88 Å². The second kappa shape index (κ2) is 6.12. The van der Waals surface area contributed by atoms with E-state index in [9.17, 15) is 5.11 Å². The lowest BCUT2D eigenvalue weighted by Crippen LogP contribution is -1.99. The number of hydrogen-bond acceptors (Lipinski definition) is 2. The van der Waals surface area contributed by atoms with Crippen molar-refractivity contribution in [3.05, 3.63) is 35.4 Å². The van der Waals surface area contributed by atoms with Gasteiger partial charge in [-0.2, -0.15) is 5.10 Å². The molecule has 0 saturated heterocycles. The maximum atomic E-state index is 10.4. The van der Waals surface area contributed by atoms with Gasteiger partial charge in [-0.05, 0) is 19.3 Å². The fourth-order valence-corrected chi connectivity index (χ4v) is 2.39. The second-order valence-electron chi connectivity index (χ2n) is 5.68. The second-order valence-corrected chi connectivity index (χ2v) is 5.68. The first-order valence-electron chi connectivity index (χ1n) is 7.41. The van der Waals surface area contributed by atoms with Crippen LogP contribution in [0.3, 0.4) is 0 Å². The zero-order valence-electron chi connectivity index (χ0n) is 12.8. The van der Waals surface area contributed by atoms with Gasteiger partial charge in [-0.1, -0.05) is 57.0 Å². The Morgan fingerprint density at radius 2 is 1.85 bits per heavy atom. The molecule has 1 N–H and O–H groups in total. The molecule has 3 heteroatoms. The Balaban J connectivity index is 2.48. The maximum Gasteiger partial charge on any atom is 0.213 e. The van der Waals surface area contributed by atoms with Gasteiger partial charge in [-0.25, -0.2) is 4.68 Å². The molecular weight excluding hydrogens is 248 g/mol. The Morgan fingerprint density at radius 1 is 1.20 bits per heavy atom. The fraction of sp³-hybridized carbons (Fsp3) is 0.471. The molecule has 0 aliphatic rings. The van der Waals surface area contributed by atoms with Gasteiger partial charge in [0.2, 0.25) is 5.88 Å². The molecule has 0 spiro atoms. The van der Waals surface area contributed by atoms with Gasteiger partial charge < -0.3 is 5.11 Å². The van der Waals surface area contributed by atoms with E-state index in [4.69, 9.17) is 0 Å². The summed E-state index contributed by atoms with van der Waals surface area (Å²) in [5.41, 5.74) is 4.16. The third-order valence-electron chi connectivity index (χ3n) is 3.59. The standard InChI is InChI=1S/C17H24N2O/c1-5-6-11-19-17(20)15(12(2)3)16(18-19)14-9-7-13(4)8-10-14/h7-10,12,20H,5-6,11H2,1-4H3. The van der Waals surface area contributed by atoms with Gasteiger partial charge >= 0.3 is 0 Å². The number of nitrogens with zero attached hydrogens (tertiary/aromatic N) is 2. The molecule has 0 aliphatic carbocycles. The predicted octanol–water partition coefficient (Wildman–Crippen LogP) is 4.49. The molecule has 2 aromatic rings. The lowest BCUT2D eigenvalue weighted by molar-refractivity contribution is 0.387. The Kier molecular flexibility index (Phi) is 4.48. The monoisotopic (exact) mass is 272 g/mol. The lowest BCUT2D eigenvalue weighted by atomic mass is 9.98. The van der Waals surface area contributed by atoms with Crippen LogP contribution in [0.25, 0.3) is 11.3 Å². The number of hydrogen-bond donors (Lipinski definition) is 1. The van der Waals surface area contributed by atoms with Crippen molar-refractivity contribution >= 4 is 0 Å².